The highest BCUT2D eigenvalue weighted by Crippen LogP contribution is 2.11. The van der Waals surface area contributed by atoms with Gasteiger partial charge in [-0.15, -0.1) is 11.3 Å². The van der Waals surface area contributed by atoms with Crippen LogP contribution in [0.2, 0.25) is 0 Å². The van der Waals surface area contributed by atoms with Gasteiger partial charge in [0.15, 0.2) is 0 Å². The van der Waals surface area contributed by atoms with Gasteiger partial charge in [-0.05, 0) is 19.4 Å². The molecule has 1 aromatic heterocycles. The van der Waals surface area contributed by atoms with Gasteiger partial charge in [-0.2, -0.15) is 0 Å². The Morgan fingerprint density at radius 3 is 3.24 bits per heavy atom. The highest BCUT2D eigenvalue weighted by Gasteiger charge is 2.18. The third-order valence-corrected chi connectivity index (χ3v) is 3.86. The maximum absolute atomic E-state index is 5.18. The van der Waals surface area contributed by atoms with Gasteiger partial charge in [0.2, 0.25) is 0 Å². The van der Waals surface area contributed by atoms with Crippen LogP contribution >= 0.6 is 11.3 Å². The van der Waals surface area contributed by atoms with Gasteiger partial charge in [-0.3, -0.25) is 4.90 Å². The number of hydrogen-bond acceptors (Lipinski definition) is 5. The van der Waals surface area contributed by atoms with Crippen LogP contribution in [-0.2, 0) is 11.3 Å². The summed E-state index contributed by atoms with van der Waals surface area (Å²) in [4.78, 5) is 6.79. The molecular weight excluding hydrogens is 234 g/mol. The lowest BCUT2D eigenvalue weighted by molar-refractivity contribution is 0.138. The molecule has 1 aromatic rings. The van der Waals surface area contributed by atoms with E-state index in [2.05, 4.69) is 15.2 Å². The molecule has 4 nitrogen and oxygen atoms in total. The number of aromatic nitrogens is 1. The molecule has 1 saturated heterocycles. The van der Waals surface area contributed by atoms with E-state index >= 15 is 0 Å². The quantitative estimate of drug-likeness (QED) is 0.798. The van der Waals surface area contributed by atoms with Crippen molar-refractivity contribution in [2.45, 2.75) is 25.4 Å². The fourth-order valence-corrected chi connectivity index (χ4v) is 2.86. The molecule has 1 unspecified atom stereocenters. The lowest BCUT2D eigenvalue weighted by Crippen LogP contribution is -2.38. The van der Waals surface area contributed by atoms with Crippen LogP contribution in [-0.4, -0.2) is 49.3 Å². The SMILES string of the molecule is COCCN(Cc1nccs1)CC1CCCN1. The number of methoxy groups -OCH3 is 1. The molecular formula is C12H21N3OS. The van der Waals surface area contributed by atoms with Crippen LogP contribution in [0.15, 0.2) is 11.6 Å². The molecule has 0 aliphatic carbocycles. The molecule has 1 aliphatic rings. The topological polar surface area (TPSA) is 37.4 Å². The zero-order valence-corrected chi connectivity index (χ0v) is 11.2. The molecule has 0 amide bonds. The van der Waals surface area contributed by atoms with Gasteiger partial charge in [-0.1, -0.05) is 0 Å². The Labute approximate surface area is 107 Å². The van der Waals surface area contributed by atoms with Crippen molar-refractivity contribution in [2.75, 3.05) is 33.4 Å². The van der Waals surface area contributed by atoms with Crippen molar-refractivity contribution in [3.8, 4) is 0 Å². The van der Waals surface area contributed by atoms with E-state index in [9.17, 15) is 0 Å². The van der Waals surface area contributed by atoms with Crippen molar-refractivity contribution in [1.82, 2.24) is 15.2 Å². The fraction of sp³-hybridized carbons (Fsp3) is 0.750. The Bertz CT molecular complexity index is 299. The van der Waals surface area contributed by atoms with E-state index in [0.717, 1.165) is 26.2 Å². The Morgan fingerprint density at radius 1 is 1.65 bits per heavy atom. The maximum atomic E-state index is 5.18. The third-order valence-electron chi connectivity index (χ3n) is 3.09. The molecule has 0 aromatic carbocycles. The van der Waals surface area contributed by atoms with E-state index in [1.807, 2.05) is 11.6 Å². The molecule has 5 heteroatoms. The van der Waals surface area contributed by atoms with Gasteiger partial charge >= 0.3 is 0 Å². The first-order valence-electron chi connectivity index (χ1n) is 6.21. The molecule has 17 heavy (non-hydrogen) atoms. The van der Waals surface area contributed by atoms with Crippen LogP contribution in [0.5, 0.6) is 0 Å². The molecule has 2 heterocycles. The lowest BCUT2D eigenvalue weighted by atomic mass is 10.2. The van der Waals surface area contributed by atoms with E-state index in [1.54, 1.807) is 18.4 Å². The molecule has 0 bridgehead atoms. The van der Waals surface area contributed by atoms with E-state index in [0.29, 0.717) is 6.04 Å². The molecule has 0 spiro atoms. The van der Waals surface area contributed by atoms with Crippen molar-refractivity contribution in [1.29, 1.82) is 0 Å². The van der Waals surface area contributed by atoms with E-state index in [4.69, 9.17) is 4.74 Å². The number of ether oxygens (including phenoxy) is 1. The summed E-state index contributed by atoms with van der Waals surface area (Å²) >= 11 is 1.73. The summed E-state index contributed by atoms with van der Waals surface area (Å²) in [6.45, 7) is 4.98. The smallest absolute Gasteiger partial charge is 0.107 e. The predicted molar refractivity (Wildman–Crippen MR) is 70.3 cm³/mol. The first-order valence-corrected chi connectivity index (χ1v) is 7.09. The second kappa shape index (κ2) is 7.06. The molecule has 0 saturated carbocycles. The van der Waals surface area contributed by atoms with Crippen molar-refractivity contribution in [3.05, 3.63) is 16.6 Å². The standard InChI is InChI=1S/C12H21N3OS/c1-16-7-6-15(9-11-3-2-4-13-11)10-12-14-5-8-17-12/h5,8,11,13H,2-4,6-7,9-10H2,1H3. The van der Waals surface area contributed by atoms with Crippen LogP contribution in [0, 0.1) is 0 Å². The van der Waals surface area contributed by atoms with E-state index in [1.165, 1.54) is 24.4 Å². The zero-order chi connectivity index (χ0) is 11.9. The molecule has 0 radical (unpaired) electrons. The van der Waals surface area contributed by atoms with Gasteiger partial charge in [0.25, 0.3) is 0 Å². The van der Waals surface area contributed by atoms with Gasteiger partial charge in [0, 0.05) is 37.8 Å². The maximum Gasteiger partial charge on any atom is 0.107 e. The minimum atomic E-state index is 0.645. The second-order valence-corrected chi connectivity index (χ2v) is 5.43. The number of thiazole rings is 1. The second-order valence-electron chi connectivity index (χ2n) is 4.45. The average molecular weight is 255 g/mol. The summed E-state index contributed by atoms with van der Waals surface area (Å²) in [7, 11) is 1.76. The van der Waals surface area contributed by atoms with Gasteiger partial charge in [0.1, 0.15) is 5.01 Å². The predicted octanol–water partition coefficient (Wildman–Crippen LogP) is 1.34. The number of nitrogens with one attached hydrogen (secondary N) is 1. The van der Waals surface area contributed by atoms with Gasteiger partial charge in [-0.25, -0.2) is 4.98 Å². The van der Waals surface area contributed by atoms with Crippen LogP contribution in [0.3, 0.4) is 0 Å². The normalized spacial score (nSPS) is 20.2. The van der Waals surface area contributed by atoms with Crippen LogP contribution in [0.25, 0.3) is 0 Å². The van der Waals surface area contributed by atoms with E-state index in [-0.39, 0.29) is 0 Å². The monoisotopic (exact) mass is 255 g/mol. The average Bonchev–Trinajstić information content (AvgIpc) is 2.99. The van der Waals surface area contributed by atoms with E-state index < -0.39 is 0 Å². The minimum Gasteiger partial charge on any atom is -0.383 e. The Balaban J connectivity index is 1.83. The van der Waals surface area contributed by atoms with Crippen molar-refractivity contribution < 1.29 is 4.74 Å². The van der Waals surface area contributed by atoms with Gasteiger partial charge < -0.3 is 10.1 Å². The first kappa shape index (κ1) is 13.0. The van der Waals surface area contributed by atoms with Crippen molar-refractivity contribution in [2.24, 2.45) is 0 Å². The number of hydrogen-bond donors (Lipinski definition) is 1. The third kappa shape index (κ3) is 4.35. The number of rotatable bonds is 7. The molecule has 96 valence electrons. The summed E-state index contributed by atoms with van der Waals surface area (Å²) in [5.41, 5.74) is 0. The lowest BCUT2D eigenvalue weighted by Gasteiger charge is -2.24. The molecule has 1 aliphatic heterocycles. The zero-order valence-electron chi connectivity index (χ0n) is 10.4. The van der Waals surface area contributed by atoms with Gasteiger partial charge in [0.05, 0.1) is 13.2 Å². The molecule has 1 fully saturated rings. The Morgan fingerprint density at radius 2 is 2.59 bits per heavy atom. The highest BCUT2D eigenvalue weighted by atomic mass is 32.1. The first-order chi connectivity index (χ1) is 8.38. The fourth-order valence-electron chi connectivity index (χ4n) is 2.20. The summed E-state index contributed by atoms with van der Waals surface area (Å²) in [6, 6.07) is 0.645. The molecule has 1 N–H and O–H groups in total. The summed E-state index contributed by atoms with van der Waals surface area (Å²) < 4.78 is 5.18. The molecule has 1 atom stereocenters. The van der Waals surface area contributed by atoms with Crippen LogP contribution in [0.1, 0.15) is 17.8 Å². The van der Waals surface area contributed by atoms with Crippen LogP contribution in [0.4, 0.5) is 0 Å². The summed E-state index contributed by atoms with van der Waals surface area (Å²) in [5, 5.41) is 6.78. The Hall–Kier alpha value is -0.490. The molecule has 2 rings (SSSR count). The Kier molecular flexibility index (Phi) is 5.38. The summed E-state index contributed by atoms with van der Waals surface area (Å²) in [6.07, 6.45) is 4.48. The minimum absolute atomic E-state index is 0.645. The summed E-state index contributed by atoms with van der Waals surface area (Å²) in [5.74, 6) is 0. The number of nitrogens with zero attached hydrogens (tertiary/aromatic N) is 2. The van der Waals surface area contributed by atoms with Crippen molar-refractivity contribution >= 4 is 11.3 Å². The van der Waals surface area contributed by atoms with Crippen molar-refractivity contribution in [3.63, 3.8) is 0 Å². The van der Waals surface area contributed by atoms with Crippen LogP contribution < -0.4 is 5.32 Å². The highest BCUT2D eigenvalue weighted by molar-refractivity contribution is 7.09. The largest absolute Gasteiger partial charge is 0.383 e.